The molecule has 2 aliphatic rings. The van der Waals surface area contributed by atoms with E-state index in [9.17, 15) is 14.4 Å². The molecular weight excluding hydrogens is 310 g/mol. The quantitative estimate of drug-likeness (QED) is 0.804. The molecule has 7 heteroatoms. The van der Waals surface area contributed by atoms with Crippen molar-refractivity contribution in [1.29, 1.82) is 0 Å². The van der Waals surface area contributed by atoms with Gasteiger partial charge >= 0.3 is 0 Å². The lowest BCUT2D eigenvalue weighted by Gasteiger charge is -2.29. The molecule has 1 N–H and O–H groups in total. The fourth-order valence-corrected chi connectivity index (χ4v) is 3.10. The fourth-order valence-electron chi connectivity index (χ4n) is 3.10. The number of hydrogen-bond acceptors (Lipinski definition) is 4. The lowest BCUT2D eigenvalue weighted by atomic mass is 9.91. The van der Waals surface area contributed by atoms with Gasteiger partial charge in [-0.25, -0.2) is 0 Å². The molecule has 136 valence electrons. The number of nitrogens with one attached hydrogen (secondary N) is 1. The highest BCUT2D eigenvalue weighted by Crippen LogP contribution is 2.24. The summed E-state index contributed by atoms with van der Waals surface area (Å²) in [6, 6.07) is -0.447. The Kier molecular flexibility index (Phi) is 6.21. The molecule has 0 bridgehead atoms. The summed E-state index contributed by atoms with van der Waals surface area (Å²) in [6.07, 6.45) is 1.91. The van der Waals surface area contributed by atoms with E-state index in [4.69, 9.17) is 4.74 Å². The number of hydrogen-bond donors (Lipinski definition) is 1. The van der Waals surface area contributed by atoms with Crippen molar-refractivity contribution in [3.8, 4) is 0 Å². The van der Waals surface area contributed by atoms with Gasteiger partial charge in [-0.1, -0.05) is 20.8 Å². The monoisotopic (exact) mass is 339 g/mol. The molecule has 1 atom stereocenters. The zero-order chi connectivity index (χ0) is 17.7. The molecule has 2 fully saturated rings. The van der Waals surface area contributed by atoms with Crippen LogP contribution in [0.5, 0.6) is 0 Å². The van der Waals surface area contributed by atoms with Crippen LogP contribution in [0.1, 0.15) is 40.0 Å². The normalized spacial score (nSPS) is 21.7. The van der Waals surface area contributed by atoms with Crippen molar-refractivity contribution >= 4 is 17.7 Å². The fraction of sp³-hybridized carbons (Fsp3) is 0.824. The summed E-state index contributed by atoms with van der Waals surface area (Å²) in [4.78, 5) is 40.3. The Labute approximate surface area is 143 Å². The summed E-state index contributed by atoms with van der Waals surface area (Å²) in [5.74, 6) is -0.312. The van der Waals surface area contributed by atoms with E-state index >= 15 is 0 Å². The van der Waals surface area contributed by atoms with Gasteiger partial charge in [-0.05, 0) is 18.3 Å². The predicted octanol–water partition coefficient (Wildman–Crippen LogP) is 0.389. The molecule has 0 aromatic carbocycles. The second-order valence-corrected chi connectivity index (χ2v) is 7.69. The molecule has 0 aromatic heterocycles. The van der Waals surface area contributed by atoms with E-state index in [0.717, 1.165) is 6.42 Å². The highest BCUT2D eigenvalue weighted by atomic mass is 16.5. The first-order valence-electron chi connectivity index (χ1n) is 8.70. The number of rotatable bonds is 4. The van der Waals surface area contributed by atoms with E-state index in [1.807, 2.05) is 20.8 Å². The smallest absolute Gasteiger partial charge is 0.243 e. The van der Waals surface area contributed by atoms with Crippen molar-refractivity contribution < 1.29 is 19.1 Å². The van der Waals surface area contributed by atoms with Crippen molar-refractivity contribution in [1.82, 2.24) is 15.1 Å². The number of carbonyl (C=O) groups excluding carboxylic acids is 3. The van der Waals surface area contributed by atoms with E-state index in [1.165, 1.54) is 0 Å². The first-order valence-corrected chi connectivity index (χ1v) is 8.70. The first-order chi connectivity index (χ1) is 11.3. The SMILES string of the molecule is CC(C)(C)CC(=O)N1CCCC1C(=O)NCC(=O)N1CCOCC1. The largest absolute Gasteiger partial charge is 0.378 e. The lowest BCUT2D eigenvalue weighted by Crippen LogP contribution is -2.50. The van der Waals surface area contributed by atoms with Crippen LogP contribution >= 0.6 is 0 Å². The van der Waals surface area contributed by atoms with Gasteiger partial charge in [-0.15, -0.1) is 0 Å². The molecule has 7 nitrogen and oxygen atoms in total. The Bertz CT molecular complexity index is 481. The second-order valence-electron chi connectivity index (χ2n) is 7.69. The summed E-state index contributed by atoms with van der Waals surface area (Å²) in [6.45, 7) is 8.84. The van der Waals surface area contributed by atoms with Crippen LogP contribution in [-0.4, -0.2) is 73.0 Å². The maximum Gasteiger partial charge on any atom is 0.243 e. The van der Waals surface area contributed by atoms with Crippen LogP contribution in [-0.2, 0) is 19.1 Å². The standard InChI is InChI=1S/C17H29N3O4/c1-17(2,3)11-14(21)20-6-4-5-13(20)16(23)18-12-15(22)19-7-9-24-10-8-19/h13H,4-12H2,1-3H3,(H,18,23). The Morgan fingerprint density at radius 1 is 1.08 bits per heavy atom. The lowest BCUT2D eigenvalue weighted by molar-refractivity contribution is -0.141. The van der Waals surface area contributed by atoms with E-state index in [0.29, 0.717) is 45.7 Å². The van der Waals surface area contributed by atoms with Crippen LogP contribution in [0.4, 0.5) is 0 Å². The number of likely N-dealkylation sites (tertiary alicyclic amines) is 1. The summed E-state index contributed by atoms with van der Waals surface area (Å²) in [5, 5.41) is 2.70. The van der Waals surface area contributed by atoms with E-state index < -0.39 is 6.04 Å². The minimum atomic E-state index is -0.447. The van der Waals surface area contributed by atoms with Gasteiger partial charge in [0.25, 0.3) is 0 Å². The van der Waals surface area contributed by atoms with Gasteiger partial charge in [0.1, 0.15) is 6.04 Å². The Hall–Kier alpha value is -1.63. The average molecular weight is 339 g/mol. The number of ether oxygens (including phenoxy) is 1. The van der Waals surface area contributed by atoms with Crippen LogP contribution in [0.15, 0.2) is 0 Å². The molecule has 3 amide bonds. The number of morpholine rings is 1. The molecule has 0 saturated carbocycles. The van der Waals surface area contributed by atoms with Gasteiger partial charge in [0.05, 0.1) is 19.8 Å². The number of amides is 3. The first kappa shape index (κ1) is 18.7. The van der Waals surface area contributed by atoms with Gasteiger partial charge < -0.3 is 19.9 Å². The zero-order valence-electron chi connectivity index (χ0n) is 15.0. The number of nitrogens with zero attached hydrogens (tertiary/aromatic N) is 2. The highest BCUT2D eigenvalue weighted by Gasteiger charge is 2.35. The number of carbonyl (C=O) groups is 3. The van der Waals surface area contributed by atoms with Crippen LogP contribution in [0.2, 0.25) is 0 Å². The van der Waals surface area contributed by atoms with Crippen LogP contribution in [0.3, 0.4) is 0 Å². The topological polar surface area (TPSA) is 79.0 Å². The third kappa shape index (κ3) is 5.19. The summed E-state index contributed by atoms with van der Waals surface area (Å²) < 4.78 is 5.21. The third-order valence-electron chi connectivity index (χ3n) is 4.33. The van der Waals surface area contributed by atoms with Gasteiger partial charge in [0, 0.05) is 26.1 Å². The van der Waals surface area contributed by atoms with Crippen molar-refractivity contribution in [2.75, 3.05) is 39.4 Å². The van der Waals surface area contributed by atoms with Gasteiger partial charge in [0.15, 0.2) is 0 Å². The van der Waals surface area contributed by atoms with E-state index in [1.54, 1.807) is 9.80 Å². The van der Waals surface area contributed by atoms with Gasteiger partial charge in [-0.3, -0.25) is 14.4 Å². The maximum absolute atomic E-state index is 12.4. The second kappa shape index (κ2) is 7.96. The third-order valence-corrected chi connectivity index (χ3v) is 4.33. The maximum atomic E-state index is 12.4. The van der Waals surface area contributed by atoms with Gasteiger partial charge in [-0.2, -0.15) is 0 Å². The zero-order valence-corrected chi connectivity index (χ0v) is 15.0. The van der Waals surface area contributed by atoms with E-state index in [-0.39, 0.29) is 29.7 Å². The molecule has 24 heavy (non-hydrogen) atoms. The van der Waals surface area contributed by atoms with Crippen molar-refractivity contribution in [3.63, 3.8) is 0 Å². The van der Waals surface area contributed by atoms with Crippen molar-refractivity contribution in [3.05, 3.63) is 0 Å². The van der Waals surface area contributed by atoms with Crippen LogP contribution < -0.4 is 5.32 Å². The molecule has 2 aliphatic heterocycles. The van der Waals surface area contributed by atoms with Crippen molar-refractivity contribution in [2.24, 2.45) is 5.41 Å². The average Bonchev–Trinajstić information content (AvgIpc) is 3.01. The molecule has 1 unspecified atom stereocenters. The molecule has 0 aliphatic carbocycles. The van der Waals surface area contributed by atoms with E-state index in [2.05, 4.69) is 5.32 Å². The molecule has 0 aromatic rings. The molecule has 0 spiro atoms. The molecular formula is C17H29N3O4. The Morgan fingerprint density at radius 3 is 2.38 bits per heavy atom. The summed E-state index contributed by atoms with van der Waals surface area (Å²) in [7, 11) is 0. The Morgan fingerprint density at radius 2 is 1.75 bits per heavy atom. The highest BCUT2D eigenvalue weighted by molar-refractivity contribution is 5.91. The van der Waals surface area contributed by atoms with Crippen LogP contribution in [0, 0.1) is 5.41 Å². The molecule has 2 heterocycles. The predicted molar refractivity (Wildman–Crippen MR) is 89.2 cm³/mol. The summed E-state index contributed by atoms with van der Waals surface area (Å²) in [5.41, 5.74) is -0.104. The van der Waals surface area contributed by atoms with Crippen LogP contribution in [0.25, 0.3) is 0 Å². The summed E-state index contributed by atoms with van der Waals surface area (Å²) >= 11 is 0. The molecule has 2 saturated heterocycles. The van der Waals surface area contributed by atoms with Crippen molar-refractivity contribution in [2.45, 2.75) is 46.1 Å². The minimum absolute atomic E-state index is 0.0136. The minimum Gasteiger partial charge on any atom is -0.378 e. The molecule has 2 rings (SSSR count). The Balaban J connectivity index is 1.84. The molecule has 0 radical (unpaired) electrons. The van der Waals surface area contributed by atoms with Gasteiger partial charge in [0.2, 0.25) is 17.7 Å².